The molecule has 1 saturated heterocycles. The number of aliphatic hydroxyl groups is 1. The Bertz CT molecular complexity index is 1540. The normalized spacial score (nSPS) is 16.7. The van der Waals surface area contributed by atoms with Crippen molar-refractivity contribution in [2.45, 2.75) is 12.5 Å². The lowest BCUT2D eigenvalue weighted by atomic mass is 9.94. The highest BCUT2D eigenvalue weighted by Gasteiger charge is 2.47. The molecular weight excluding hydrogens is 484 g/mol. The number of H-pyrrole nitrogens is 1. The average molecular weight is 513 g/mol. The van der Waals surface area contributed by atoms with E-state index in [1.807, 2.05) is 30.5 Å². The van der Waals surface area contributed by atoms with E-state index in [-0.39, 0.29) is 17.9 Å². The minimum atomic E-state index is -0.851. The van der Waals surface area contributed by atoms with Crippen molar-refractivity contribution < 1.29 is 28.9 Å². The van der Waals surface area contributed by atoms with E-state index in [0.717, 1.165) is 22.2 Å². The van der Waals surface area contributed by atoms with Gasteiger partial charge in [-0.2, -0.15) is 0 Å². The summed E-state index contributed by atoms with van der Waals surface area (Å²) in [5, 5.41) is 12.2. The summed E-state index contributed by atoms with van der Waals surface area (Å²) in [6.45, 7) is 0.236. The second kappa shape index (κ2) is 10.3. The molecule has 194 valence electrons. The topological polar surface area (TPSA) is 101 Å². The van der Waals surface area contributed by atoms with Gasteiger partial charge in [0.15, 0.2) is 0 Å². The van der Waals surface area contributed by atoms with Crippen LogP contribution in [0, 0.1) is 0 Å². The van der Waals surface area contributed by atoms with Crippen LogP contribution in [0.2, 0.25) is 0 Å². The zero-order valence-corrected chi connectivity index (χ0v) is 21.4. The number of aliphatic hydroxyl groups excluding tert-OH is 1. The maximum atomic E-state index is 13.4. The van der Waals surface area contributed by atoms with Crippen molar-refractivity contribution in [2.75, 3.05) is 27.9 Å². The molecule has 3 aromatic carbocycles. The molecule has 38 heavy (non-hydrogen) atoms. The highest BCUT2D eigenvalue weighted by Crippen LogP contribution is 2.43. The molecular formula is C30H28N2O6. The number of ketones is 1. The van der Waals surface area contributed by atoms with Crippen LogP contribution in [-0.2, 0) is 16.0 Å². The summed E-state index contributed by atoms with van der Waals surface area (Å²) in [5.41, 5.74) is 2.96. The van der Waals surface area contributed by atoms with E-state index < -0.39 is 17.7 Å². The van der Waals surface area contributed by atoms with Gasteiger partial charge >= 0.3 is 0 Å². The summed E-state index contributed by atoms with van der Waals surface area (Å²) in [7, 11) is 4.68. The molecule has 0 aliphatic carbocycles. The molecule has 4 aromatic rings. The number of benzene rings is 3. The summed E-state index contributed by atoms with van der Waals surface area (Å²) in [4.78, 5) is 31.6. The highest BCUT2D eigenvalue weighted by molar-refractivity contribution is 6.46. The van der Waals surface area contributed by atoms with Gasteiger partial charge in [0, 0.05) is 40.8 Å². The molecule has 1 aliphatic rings. The van der Waals surface area contributed by atoms with Gasteiger partial charge in [-0.25, -0.2) is 0 Å². The van der Waals surface area contributed by atoms with Crippen LogP contribution in [0.5, 0.6) is 17.2 Å². The van der Waals surface area contributed by atoms with Crippen molar-refractivity contribution in [1.29, 1.82) is 0 Å². The van der Waals surface area contributed by atoms with Gasteiger partial charge in [-0.1, -0.05) is 30.3 Å². The minimum absolute atomic E-state index is 0.0188. The van der Waals surface area contributed by atoms with Gasteiger partial charge in [-0.05, 0) is 42.3 Å². The van der Waals surface area contributed by atoms with Gasteiger partial charge in [0.05, 0.1) is 32.9 Å². The van der Waals surface area contributed by atoms with Gasteiger partial charge in [-0.3, -0.25) is 9.59 Å². The minimum Gasteiger partial charge on any atom is -0.507 e. The van der Waals surface area contributed by atoms with Crippen LogP contribution >= 0.6 is 0 Å². The van der Waals surface area contributed by atoms with Crippen LogP contribution in [0.1, 0.15) is 22.7 Å². The third-order valence-corrected chi connectivity index (χ3v) is 6.92. The number of methoxy groups -OCH3 is 3. The number of likely N-dealkylation sites (tertiary alicyclic amines) is 1. The number of amides is 1. The Labute approximate surface area is 220 Å². The van der Waals surface area contributed by atoms with E-state index in [4.69, 9.17) is 14.2 Å². The predicted molar refractivity (Wildman–Crippen MR) is 144 cm³/mol. The molecule has 0 spiro atoms. The molecule has 1 amide bonds. The molecule has 0 radical (unpaired) electrons. The largest absolute Gasteiger partial charge is 0.507 e. The van der Waals surface area contributed by atoms with E-state index in [2.05, 4.69) is 4.98 Å². The molecule has 2 N–H and O–H groups in total. The van der Waals surface area contributed by atoms with Crippen molar-refractivity contribution >= 4 is 28.4 Å². The Balaban J connectivity index is 1.60. The average Bonchev–Trinajstić information content (AvgIpc) is 3.48. The van der Waals surface area contributed by atoms with E-state index in [0.29, 0.717) is 29.0 Å². The molecule has 1 aromatic heterocycles. The van der Waals surface area contributed by atoms with Gasteiger partial charge < -0.3 is 29.2 Å². The third kappa shape index (κ3) is 4.34. The number of aromatic amines is 1. The van der Waals surface area contributed by atoms with E-state index in [1.165, 1.54) is 12.0 Å². The van der Waals surface area contributed by atoms with Crippen molar-refractivity contribution in [3.63, 3.8) is 0 Å². The number of hydrogen-bond acceptors (Lipinski definition) is 6. The van der Waals surface area contributed by atoms with Crippen LogP contribution in [0.25, 0.3) is 16.7 Å². The zero-order chi connectivity index (χ0) is 26.8. The lowest BCUT2D eigenvalue weighted by Gasteiger charge is -2.27. The Kier molecular flexibility index (Phi) is 6.79. The smallest absolute Gasteiger partial charge is 0.295 e. The monoisotopic (exact) mass is 512 g/mol. The van der Waals surface area contributed by atoms with E-state index in [9.17, 15) is 14.7 Å². The number of Topliss-reactive ketones (excluding diaryl/α,β-unsaturated/α-hetero) is 1. The standard InChI is InChI=1S/C30H28N2O6/c1-36-20-10-12-24-23(15-20)19(17-31-24)13-14-32-27(22-11-9-21(37-2)16-25(22)38-3)26(29(34)30(32)35)28(33)18-7-5-4-6-8-18/h4-12,15-17,27,31,33H,13-14H2,1-3H3/b28-26-. The number of carbonyl (C=O) groups excluding carboxylic acids is 2. The number of fused-ring (bicyclic) bond motifs is 1. The van der Waals surface area contributed by atoms with Crippen LogP contribution < -0.4 is 14.2 Å². The summed E-state index contributed by atoms with van der Waals surface area (Å²) in [6.07, 6.45) is 2.37. The van der Waals surface area contributed by atoms with Crippen LogP contribution in [0.3, 0.4) is 0 Å². The maximum absolute atomic E-state index is 13.4. The first-order valence-electron chi connectivity index (χ1n) is 12.2. The summed E-state index contributed by atoms with van der Waals surface area (Å²) in [5.74, 6) is 0.0868. The highest BCUT2D eigenvalue weighted by atomic mass is 16.5. The van der Waals surface area contributed by atoms with Gasteiger partial charge in [0.1, 0.15) is 23.0 Å². The lowest BCUT2D eigenvalue weighted by molar-refractivity contribution is -0.139. The van der Waals surface area contributed by atoms with Gasteiger partial charge in [-0.15, -0.1) is 0 Å². The number of rotatable bonds is 8. The Morgan fingerprint density at radius 2 is 1.63 bits per heavy atom. The molecule has 8 nitrogen and oxygen atoms in total. The zero-order valence-electron chi connectivity index (χ0n) is 21.4. The van der Waals surface area contributed by atoms with Crippen molar-refractivity contribution in [2.24, 2.45) is 0 Å². The fraction of sp³-hybridized carbons (Fsp3) is 0.200. The van der Waals surface area contributed by atoms with Crippen molar-refractivity contribution in [3.8, 4) is 17.2 Å². The quantitative estimate of drug-likeness (QED) is 0.199. The Morgan fingerprint density at radius 1 is 0.921 bits per heavy atom. The number of nitrogens with zero attached hydrogens (tertiary/aromatic N) is 1. The number of hydrogen-bond donors (Lipinski definition) is 2. The molecule has 2 heterocycles. The molecule has 1 aliphatic heterocycles. The molecule has 8 heteroatoms. The predicted octanol–water partition coefficient (Wildman–Crippen LogP) is 4.86. The molecule has 0 bridgehead atoms. The fourth-order valence-electron chi connectivity index (χ4n) is 4.96. The van der Waals surface area contributed by atoms with Crippen LogP contribution in [-0.4, -0.2) is 54.6 Å². The Hall–Kier alpha value is -4.72. The molecule has 1 fully saturated rings. The van der Waals surface area contributed by atoms with E-state index in [1.54, 1.807) is 56.7 Å². The van der Waals surface area contributed by atoms with Crippen molar-refractivity contribution in [3.05, 3.63) is 95.2 Å². The Morgan fingerprint density at radius 3 is 2.34 bits per heavy atom. The van der Waals surface area contributed by atoms with Crippen molar-refractivity contribution in [1.82, 2.24) is 9.88 Å². The second-order valence-corrected chi connectivity index (χ2v) is 8.94. The number of carbonyl (C=O) groups is 2. The number of ether oxygens (including phenoxy) is 3. The first kappa shape index (κ1) is 25.0. The number of aromatic nitrogens is 1. The molecule has 0 saturated carbocycles. The lowest BCUT2D eigenvalue weighted by Crippen LogP contribution is -2.31. The van der Waals surface area contributed by atoms with Gasteiger partial charge in [0.25, 0.3) is 11.7 Å². The summed E-state index contributed by atoms with van der Waals surface area (Å²) in [6, 6.07) is 18.8. The van der Waals surface area contributed by atoms with Crippen LogP contribution in [0.15, 0.2) is 78.5 Å². The first-order chi connectivity index (χ1) is 18.5. The summed E-state index contributed by atoms with van der Waals surface area (Å²) >= 11 is 0. The maximum Gasteiger partial charge on any atom is 0.295 e. The summed E-state index contributed by atoms with van der Waals surface area (Å²) < 4.78 is 16.4. The van der Waals surface area contributed by atoms with E-state index >= 15 is 0 Å². The van der Waals surface area contributed by atoms with Gasteiger partial charge in [0.2, 0.25) is 0 Å². The second-order valence-electron chi connectivity index (χ2n) is 8.94. The molecule has 1 atom stereocenters. The number of nitrogens with one attached hydrogen (secondary N) is 1. The van der Waals surface area contributed by atoms with Crippen LogP contribution in [0.4, 0.5) is 0 Å². The molecule has 1 unspecified atom stereocenters. The first-order valence-corrected chi connectivity index (χ1v) is 12.2. The SMILES string of the molecule is COc1ccc(C2/C(=C(/O)c3ccccc3)C(=O)C(=O)N2CCc2c[nH]c3ccc(OC)cc23)c(OC)c1. The molecule has 5 rings (SSSR count). The third-order valence-electron chi connectivity index (χ3n) is 6.92. The fourth-order valence-corrected chi connectivity index (χ4v) is 4.96.